The first-order valence-electron chi connectivity index (χ1n) is 6.20. The van der Waals surface area contributed by atoms with Crippen molar-refractivity contribution in [3.63, 3.8) is 0 Å². The molecule has 1 N–H and O–H groups in total. The molecule has 2 heterocycles. The number of nitrogens with zero attached hydrogens (tertiary/aromatic N) is 2. The Morgan fingerprint density at radius 3 is 2.89 bits per heavy atom. The molecule has 3 aromatic rings. The molecule has 0 amide bonds. The number of pyridine rings is 1. The second-order valence-corrected chi connectivity index (χ2v) is 4.51. The maximum Gasteiger partial charge on any atom is 0.139 e. The first kappa shape index (κ1) is 11.9. The predicted molar refractivity (Wildman–Crippen MR) is 72.8 cm³/mol. The van der Waals surface area contributed by atoms with Crippen molar-refractivity contribution in [3.8, 4) is 11.3 Å². The predicted octanol–water partition coefficient (Wildman–Crippen LogP) is 2.73. The van der Waals surface area contributed by atoms with Gasteiger partial charge in [0.1, 0.15) is 11.5 Å². The van der Waals surface area contributed by atoms with Gasteiger partial charge in [-0.15, -0.1) is 0 Å². The van der Waals surface area contributed by atoms with Crippen molar-refractivity contribution < 1.29 is 9.63 Å². The monoisotopic (exact) mass is 254 g/mol. The van der Waals surface area contributed by atoms with Gasteiger partial charge in [-0.2, -0.15) is 0 Å². The van der Waals surface area contributed by atoms with Crippen molar-refractivity contribution in [2.75, 3.05) is 6.61 Å². The van der Waals surface area contributed by atoms with Crippen LogP contribution < -0.4 is 0 Å². The Morgan fingerprint density at radius 2 is 2.05 bits per heavy atom. The molecule has 96 valence electrons. The van der Waals surface area contributed by atoms with E-state index in [2.05, 4.69) is 16.2 Å². The van der Waals surface area contributed by atoms with Gasteiger partial charge in [0, 0.05) is 29.1 Å². The van der Waals surface area contributed by atoms with E-state index in [0.29, 0.717) is 12.2 Å². The van der Waals surface area contributed by atoms with E-state index in [-0.39, 0.29) is 6.61 Å². The molecule has 2 aromatic heterocycles. The molecule has 0 atom stereocenters. The summed E-state index contributed by atoms with van der Waals surface area (Å²) < 4.78 is 5.17. The lowest BCUT2D eigenvalue weighted by Crippen LogP contribution is -1.86. The lowest BCUT2D eigenvalue weighted by Gasteiger charge is -2.01. The van der Waals surface area contributed by atoms with Crippen molar-refractivity contribution >= 4 is 10.9 Å². The number of hydrogen-bond acceptors (Lipinski definition) is 4. The Hall–Kier alpha value is -2.20. The van der Waals surface area contributed by atoms with E-state index in [0.717, 1.165) is 27.9 Å². The topological polar surface area (TPSA) is 59.2 Å². The van der Waals surface area contributed by atoms with Gasteiger partial charge in [-0.1, -0.05) is 17.3 Å². The quantitative estimate of drug-likeness (QED) is 0.780. The number of aromatic nitrogens is 2. The van der Waals surface area contributed by atoms with Crippen LogP contribution in [0.1, 0.15) is 11.5 Å². The number of fused-ring (bicyclic) bond motifs is 1. The van der Waals surface area contributed by atoms with E-state index in [1.807, 2.05) is 37.3 Å². The van der Waals surface area contributed by atoms with Crippen LogP contribution >= 0.6 is 0 Å². The van der Waals surface area contributed by atoms with Crippen LogP contribution in [0.25, 0.3) is 22.2 Å². The third-order valence-electron chi connectivity index (χ3n) is 3.04. The number of aliphatic hydroxyl groups excluding tert-OH is 1. The minimum absolute atomic E-state index is 0.0650. The lowest BCUT2D eigenvalue weighted by molar-refractivity contribution is 0.277. The van der Waals surface area contributed by atoms with Gasteiger partial charge in [0.15, 0.2) is 0 Å². The van der Waals surface area contributed by atoms with E-state index in [1.54, 1.807) is 0 Å². The van der Waals surface area contributed by atoms with Gasteiger partial charge in [-0.25, -0.2) is 0 Å². The zero-order chi connectivity index (χ0) is 13.2. The van der Waals surface area contributed by atoms with Crippen molar-refractivity contribution in [3.05, 3.63) is 47.9 Å². The number of aliphatic hydroxyl groups is 1. The second kappa shape index (κ2) is 4.82. The fourth-order valence-electron chi connectivity index (χ4n) is 2.06. The lowest BCUT2D eigenvalue weighted by atomic mass is 10.1. The molecule has 0 fully saturated rings. The number of rotatable bonds is 3. The molecule has 0 spiro atoms. The van der Waals surface area contributed by atoms with E-state index < -0.39 is 0 Å². The Kier molecular flexibility index (Phi) is 3.01. The highest BCUT2D eigenvalue weighted by Crippen LogP contribution is 2.23. The Labute approximate surface area is 110 Å². The second-order valence-electron chi connectivity index (χ2n) is 4.51. The molecule has 0 bridgehead atoms. The van der Waals surface area contributed by atoms with Crippen molar-refractivity contribution in [1.29, 1.82) is 0 Å². The summed E-state index contributed by atoms with van der Waals surface area (Å²) in [5.41, 5.74) is 3.76. The molecule has 3 rings (SSSR count). The number of benzene rings is 1. The van der Waals surface area contributed by atoms with Crippen LogP contribution in [0.2, 0.25) is 0 Å². The molecular formula is C15H14N2O2. The molecule has 0 radical (unpaired) electrons. The summed E-state index contributed by atoms with van der Waals surface area (Å²) in [5.74, 6) is 0.694. The molecule has 0 aliphatic rings. The molecule has 0 aliphatic heterocycles. The maximum absolute atomic E-state index is 8.87. The van der Waals surface area contributed by atoms with Crippen molar-refractivity contribution in [2.45, 2.75) is 13.3 Å². The first-order valence-corrected chi connectivity index (χ1v) is 6.20. The van der Waals surface area contributed by atoms with Crippen LogP contribution in [0.4, 0.5) is 0 Å². The van der Waals surface area contributed by atoms with E-state index in [1.165, 1.54) is 0 Å². The summed E-state index contributed by atoms with van der Waals surface area (Å²) >= 11 is 0. The minimum atomic E-state index is 0.0650. The standard InChI is InChI=1S/C15H14N2O2/c1-10-2-3-11-8-12(4-5-14(11)16-10)15-9-13(6-7-18)19-17-15/h2-5,8-9,18H,6-7H2,1H3. The highest BCUT2D eigenvalue weighted by Gasteiger charge is 2.07. The summed E-state index contributed by atoms with van der Waals surface area (Å²) in [6.07, 6.45) is 0.487. The first-order chi connectivity index (χ1) is 9.26. The molecule has 0 saturated carbocycles. The number of hydrogen-bond donors (Lipinski definition) is 1. The molecule has 0 saturated heterocycles. The van der Waals surface area contributed by atoms with Crippen LogP contribution in [0.3, 0.4) is 0 Å². The summed E-state index contributed by atoms with van der Waals surface area (Å²) in [7, 11) is 0. The maximum atomic E-state index is 8.87. The van der Waals surface area contributed by atoms with Gasteiger partial charge in [0.05, 0.1) is 12.1 Å². The molecular weight excluding hydrogens is 240 g/mol. The average molecular weight is 254 g/mol. The summed E-state index contributed by atoms with van der Waals surface area (Å²) in [5, 5.41) is 14.0. The fourth-order valence-corrected chi connectivity index (χ4v) is 2.06. The van der Waals surface area contributed by atoms with Crippen LogP contribution in [0.15, 0.2) is 40.9 Å². The van der Waals surface area contributed by atoms with Gasteiger partial charge in [-0.05, 0) is 25.1 Å². The van der Waals surface area contributed by atoms with Crippen LogP contribution in [-0.4, -0.2) is 21.9 Å². The van der Waals surface area contributed by atoms with Gasteiger partial charge in [0.25, 0.3) is 0 Å². The van der Waals surface area contributed by atoms with Gasteiger partial charge >= 0.3 is 0 Å². The minimum Gasteiger partial charge on any atom is -0.396 e. The Balaban J connectivity index is 2.02. The largest absolute Gasteiger partial charge is 0.396 e. The summed E-state index contributed by atoms with van der Waals surface area (Å²) in [6.45, 7) is 2.04. The molecule has 4 nitrogen and oxygen atoms in total. The zero-order valence-corrected chi connectivity index (χ0v) is 10.6. The Bertz CT molecular complexity index is 719. The smallest absolute Gasteiger partial charge is 0.139 e. The third-order valence-corrected chi connectivity index (χ3v) is 3.04. The fraction of sp³-hybridized carbons (Fsp3) is 0.200. The van der Waals surface area contributed by atoms with Crippen molar-refractivity contribution in [1.82, 2.24) is 10.1 Å². The van der Waals surface area contributed by atoms with Gasteiger partial charge in [-0.3, -0.25) is 4.98 Å². The average Bonchev–Trinajstić information content (AvgIpc) is 2.87. The van der Waals surface area contributed by atoms with Crippen LogP contribution in [0, 0.1) is 6.92 Å². The highest BCUT2D eigenvalue weighted by atomic mass is 16.5. The molecule has 19 heavy (non-hydrogen) atoms. The van der Waals surface area contributed by atoms with Crippen LogP contribution in [-0.2, 0) is 6.42 Å². The molecule has 0 unspecified atom stereocenters. The van der Waals surface area contributed by atoms with Gasteiger partial charge < -0.3 is 9.63 Å². The van der Waals surface area contributed by atoms with Crippen molar-refractivity contribution in [2.24, 2.45) is 0 Å². The molecule has 0 aliphatic carbocycles. The zero-order valence-electron chi connectivity index (χ0n) is 10.6. The van der Waals surface area contributed by atoms with Crippen LogP contribution in [0.5, 0.6) is 0 Å². The molecule has 1 aromatic carbocycles. The summed E-state index contributed by atoms with van der Waals surface area (Å²) in [6, 6.07) is 11.9. The third kappa shape index (κ3) is 2.35. The van der Waals surface area contributed by atoms with E-state index >= 15 is 0 Å². The normalized spacial score (nSPS) is 11.1. The SMILES string of the molecule is Cc1ccc2cc(-c3cc(CCO)on3)ccc2n1. The van der Waals surface area contributed by atoms with Gasteiger partial charge in [0.2, 0.25) is 0 Å². The molecule has 4 heteroatoms. The highest BCUT2D eigenvalue weighted by molar-refractivity contribution is 5.83. The van der Waals surface area contributed by atoms with E-state index in [4.69, 9.17) is 9.63 Å². The Morgan fingerprint density at radius 1 is 1.16 bits per heavy atom. The summed E-state index contributed by atoms with van der Waals surface area (Å²) in [4.78, 5) is 4.47. The number of aryl methyl sites for hydroxylation is 1. The van der Waals surface area contributed by atoms with E-state index in [9.17, 15) is 0 Å².